The van der Waals surface area contributed by atoms with Crippen LogP contribution in [-0.4, -0.2) is 0 Å². The summed E-state index contributed by atoms with van der Waals surface area (Å²) in [4.78, 5) is 0. The third kappa shape index (κ3) is 3.14. The minimum absolute atomic E-state index is 0.217. The van der Waals surface area contributed by atoms with E-state index in [4.69, 9.17) is 6.42 Å². The SMILES string of the molecule is C#CC(CCC)c1ccc(C(C)(C)C)cc1. The molecule has 0 radical (unpaired) electrons. The summed E-state index contributed by atoms with van der Waals surface area (Å²) < 4.78 is 0. The molecule has 86 valence electrons. The Bertz CT molecular complexity index is 357. The highest BCUT2D eigenvalue weighted by Gasteiger charge is 2.14. The van der Waals surface area contributed by atoms with Crippen molar-refractivity contribution in [2.45, 2.75) is 51.9 Å². The molecule has 0 nitrogen and oxygen atoms in total. The van der Waals surface area contributed by atoms with Gasteiger partial charge < -0.3 is 0 Å². The minimum atomic E-state index is 0.217. The van der Waals surface area contributed by atoms with E-state index in [0.717, 1.165) is 12.8 Å². The topological polar surface area (TPSA) is 0 Å². The molecule has 0 aromatic heterocycles. The van der Waals surface area contributed by atoms with Crippen LogP contribution in [0.5, 0.6) is 0 Å². The quantitative estimate of drug-likeness (QED) is 0.650. The Kier molecular flexibility index (Phi) is 4.19. The van der Waals surface area contributed by atoms with Crippen molar-refractivity contribution in [1.29, 1.82) is 0 Å². The van der Waals surface area contributed by atoms with E-state index in [1.54, 1.807) is 0 Å². The van der Waals surface area contributed by atoms with Gasteiger partial charge in [-0.25, -0.2) is 0 Å². The van der Waals surface area contributed by atoms with Gasteiger partial charge in [0, 0.05) is 5.92 Å². The van der Waals surface area contributed by atoms with E-state index in [2.05, 4.69) is 57.9 Å². The van der Waals surface area contributed by atoms with Gasteiger partial charge in [-0.2, -0.15) is 0 Å². The molecule has 0 aliphatic carbocycles. The van der Waals surface area contributed by atoms with E-state index in [0.29, 0.717) is 0 Å². The van der Waals surface area contributed by atoms with Crippen LogP contribution in [0.1, 0.15) is 57.6 Å². The molecule has 0 saturated heterocycles. The van der Waals surface area contributed by atoms with Crippen LogP contribution in [0, 0.1) is 12.3 Å². The molecule has 0 amide bonds. The summed E-state index contributed by atoms with van der Waals surface area (Å²) in [6.07, 6.45) is 7.77. The zero-order valence-corrected chi connectivity index (χ0v) is 10.9. The van der Waals surface area contributed by atoms with Crippen LogP contribution < -0.4 is 0 Å². The van der Waals surface area contributed by atoms with E-state index in [-0.39, 0.29) is 11.3 Å². The maximum absolute atomic E-state index is 5.56. The molecule has 0 heterocycles. The Morgan fingerprint density at radius 2 is 1.75 bits per heavy atom. The highest BCUT2D eigenvalue weighted by Crippen LogP contribution is 2.26. The van der Waals surface area contributed by atoms with Crippen LogP contribution in [0.25, 0.3) is 0 Å². The van der Waals surface area contributed by atoms with Gasteiger partial charge in [0.25, 0.3) is 0 Å². The molecule has 0 spiro atoms. The molecule has 16 heavy (non-hydrogen) atoms. The number of terminal acetylenes is 1. The van der Waals surface area contributed by atoms with Gasteiger partial charge in [0.05, 0.1) is 0 Å². The van der Waals surface area contributed by atoms with Crippen LogP contribution in [0.15, 0.2) is 24.3 Å². The molecule has 1 rings (SSSR count). The van der Waals surface area contributed by atoms with E-state index in [1.807, 2.05) is 0 Å². The molecule has 0 aliphatic heterocycles. The maximum atomic E-state index is 5.56. The summed E-state index contributed by atoms with van der Waals surface area (Å²) in [5.74, 6) is 3.15. The Hall–Kier alpha value is -1.22. The van der Waals surface area contributed by atoms with Gasteiger partial charge in [0.15, 0.2) is 0 Å². The summed E-state index contributed by atoms with van der Waals surface area (Å²) >= 11 is 0. The van der Waals surface area contributed by atoms with Crippen molar-refractivity contribution >= 4 is 0 Å². The molecule has 0 N–H and O–H groups in total. The number of hydrogen-bond donors (Lipinski definition) is 0. The van der Waals surface area contributed by atoms with Crippen molar-refractivity contribution in [3.63, 3.8) is 0 Å². The first kappa shape index (κ1) is 12.8. The molecular weight excluding hydrogens is 192 g/mol. The lowest BCUT2D eigenvalue weighted by Gasteiger charge is -2.20. The molecule has 0 aliphatic rings. The van der Waals surface area contributed by atoms with Crippen molar-refractivity contribution in [3.8, 4) is 12.3 Å². The summed E-state index contributed by atoms with van der Waals surface area (Å²) in [6.45, 7) is 8.86. The molecule has 0 saturated carbocycles. The van der Waals surface area contributed by atoms with Gasteiger partial charge in [-0.15, -0.1) is 6.42 Å². The molecule has 0 fully saturated rings. The van der Waals surface area contributed by atoms with E-state index in [9.17, 15) is 0 Å². The second kappa shape index (κ2) is 5.21. The smallest absolute Gasteiger partial charge is 0.0449 e. The highest BCUT2D eigenvalue weighted by atomic mass is 14.2. The number of benzene rings is 1. The van der Waals surface area contributed by atoms with Crippen molar-refractivity contribution < 1.29 is 0 Å². The lowest BCUT2D eigenvalue weighted by Crippen LogP contribution is -2.11. The Morgan fingerprint density at radius 3 is 2.12 bits per heavy atom. The fourth-order valence-electron chi connectivity index (χ4n) is 1.85. The third-order valence-electron chi connectivity index (χ3n) is 2.96. The predicted octanol–water partition coefficient (Wildman–Crippen LogP) is 4.50. The first-order chi connectivity index (χ1) is 7.49. The van der Waals surface area contributed by atoms with Gasteiger partial charge in [-0.3, -0.25) is 0 Å². The molecule has 0 bridgehead atoms. The fraction of sp³-hybridized carbons (Fsp3) is 0.500. The largest absolute Gasteiger partial charge is 0.119 e. The van der Waals surface area contributed by atoms with Crippen molar-refractivity contribution in [3.05, 3.63) is 35.4 Å². The molecule has 1 atom stereocenters. The van der Waals surface area contributed by atoms with Gasteiger partial charge in [0.2, 0.25) is 0 Å². The van der Waals surface area contributed by atoms with E-state index >= 15 is 0 Å². The zero-order chi connectivity index (χ0) is 12.2. The molecule has 1 aromatic carbocycles. The summed E-state index contributed by atoms with van der Waals surface area (Å²) in [6, 6.07) is 8.77. The van der Waals surface area contributed by atoms with Gasteiger partial charge >= 0.3 is 0 Å². The van der Waals surface area contributed by atoms with Crippen LogP contribution in [0.3, 0.4) is 0 Å². The monoisotopic (exact) mass is 214 g/mol. The average molecular weight is 214 g/mol. The maximum Gasteiger partial charge on any atom is 0.0449 e. The van der Waals surface area contributed by atoms with E-state index in [1.165, 1.54) is 11.1 Å². The highest BCUT2D eigenvalue weighted by molar-refractivity contribution is 5.32. The summed E-state index contributed by atoms with van der Waals surface area (Å²) in [7, 11) is 0. The van der Waals surface area contributed by atoms with Crippen molar-refractivity contribution in [2.75, 3.05) is 0 Å². The lowest BCUT2D eigenvalue weighted by atomic mass is 9.85. The number of hydrogen-bond acceptors (Lipinski definition) is 0. The number of rotatable bonds is 3. The van der Waals surface area contributed by atoms with Gasteiger partial charge in [-0.05, 0) is 23.0 Å². The van der Waals surface area contributed by atoms with Crippen molar-refractivity contribution in [1.82, 2.24) is 0 Å². The molecule has 1 aromatic rings. The summed E-state index contributed by atoms with van der Waals surface area (Å²) in [5.41, 5.74) is 2.86. The zero-order valence-electron chi connectivity index (χ0n) is 10.9. The van der Waals surface area contributed by atoms with Crippen LogP contribution >= 0.6 is 0 Å². The summed E-state index contributed by atoms with van der Waals surface area (Å²) in [5, 5.41) is 0. The Balaban J connectivity index is 2.90. The Morgan fingerprint density at radius 1 is 1.19 bits per heavy atom. The molecule has 1 unspecified atom stereocenters. The average Bonchev–Trinajstić information content (AvgIpc) is 2.25. The van der Waals surface area contributed by atoms with E-state index < -0.39 is 0 Å². The first-order valence-corrected chi connectivity index (χ1v) is 6.05. The first-order valence-electron chi connectivity index (χ1n) is 6.05. The predicted molar refractivity (Wildman–Crippen MR) is 71.6 cm³/mol. The second-order valence-electron chi connectivity index (χ2n) is 5.38. The third-order valence-corrected chi connectivity index (χ3v) is 2.96. The van der Waals surface area contributed by atoms with Crippen molar-refractivity contribution in [2.24, 2.45) is 0 Å². The van der Waals surface area contributed by atoms with Crippen LogP contribution in [-0.2, 0) is 5.41 Å². The second-order valence-corrected chi connectivity index (χ2v) is 5.38. The normalized spacial score (nSPS) is 13.2. The van der Waals surface area contributed by atoms with Crippen LogP contribution in [0.2, 0.25) is 0 Å². The molecule has 0 heteroatoms. The lowest BCUT2D eigenvalue weighted by molar-refractivity contribution is 0.589. The molecular formula is C16H22. The van der Waals surface area contributed by atoms with Gasteiger partial charge in [-0.1, -0.05) is 64.3 Å². The van der Waals surface area contributed by atoms with Crippen LogP contribution in [0.4, 0.5) is 0 Å². The Labute approximate surface area is 100 Å². The standard InChI is InChI=1S/C16H22/c1-6-8-13(7-2)14-9-11-15(12-10-14)16(3,4)5/h2,9-13H,6,8H2,1,3-5H3. The fourth-order valence-corrected chi connectivity index (χ4v) is 1.85. The van der Waals surface area contributed by atoms with Gasteiger partial charge in [0.1, 0.15) is 0 Å². The minimum Gasteiger partial charge on any atom is -0.119 e.